The van der Waals surface area contributed by atoms with Crippen molar-refractivity contribution >= 4 is 26.8 Å². The molecule has 176 valence electrons. The zero-order valence-corrected chi connectivity index (χ0v) is 20.6. The minimum absolute atomic E-state index is 0.114. The fourth-order valence-corrected chi connectivity index (χ4v) is 5.36. The van der Waals surface area contributed by atoms with Crippen LogP contribution in [0, 0.1) is 5.92 Å². The maximum atomic E-state index is 12.6. The molecule has 0 spiro atoms. The van der Waals surface area contributed by atoms with Crippen molar-refractivity contribution in [3.63, 3.8) is 0 Å². The molecule has 1 aliphatic rings. The first-order valence-electron chi connectivity index (χ1n) is 11.6. The number of carbonyl (C=O) groups excluding carboxylic acids is 1. The molecule has 33 heavy (non-hydrogen) atoms. The number of fused-ring (bicyclic) bond motifs is 1. The molecule has 0 radical (unpaired) electrons. The van der Waals surface area contributed by atoms with Gasteiger partial charge in [0.2, 0.25) is 0 Å². The van der Waals surface area contributed by atoms with E-state index in [0.29, 0.717) is 16.4 Å². The number of pyridine rings is 1. The van der Waals surface area contributed by atoms with Gasteiger partial charge in [0.1, 0.15) is 5.65 Å². The number of sulfone groups is 1. The molecule has 6 nitrogen and oxygen atoms in total. The highest BCUT2D eigenvalue weighted by Gasteiger charge is 2.25. The molecule has 0 aliphatic heterocycles. The number of aromatic nitrogens is 2. The Morgan fingerprint density at radius 2 is 1.82 bits per heavy atom. The third-order valence-electron chi connectivity index (χ3n) is 6.37. The topological polar surface area (TPSA) is 91.9 Å². The van der Waals surface area contributed by atoms with Gasteiger partial charge in [0.25, 0.3) is 5.91 Å². The zero-order valence-electron chi connectivity index (χ0n) is 19.8. The molecular weight excluding hydrogens is 434 g/mol. The smallest absolute Gasteiger partial charge is 0.253 e. The Balaban J connectivity index is 1.68. The Kier molecular flexibility index (Phi) is 6.36. The first-order chi connectivity index (χ1) is 15.5. The molecule has 1 amide bonds. The molecule has 2 N–H and O–H groups in total. The van der Waals surface area contributed by atoms with Crippen LogP contribution < -0.4 is 5.32 Å². The number of nitrogens with one attached hydrogen (secondary N) is 2. The first kappa shape index (κ1) is 23.5. The van der Waals surface area contributed by atoms with Gasteiger partial charge < -0.3 is 10.3 Å². The minimum atomic E-state index is -3.23. The second-order valence-corrected chi connectivity index (χ2v) is 12.4. The predicted octanol–water partition coefficient (Wildman–Crippen LogP) is 5.21. The summed E-state index contributed by atoms with van der Waals surface area (Å²) in [4.78, 5) is 20.9. The van der Waals surface area contributed by atoms with E-state index in [2.05, 4.69) is 21.4 Å². The Morgan fingerprint density at radius 1 is 1.15 bits per heavy atom. The van der Waals surface area contributed by atoms with Gasteiger partial charge in [-0.2, -0.15) is 0 Å². The van der Waals surface area contributed by atoms with Crippen molar-refractivity contribution in [1.29, 1.82) is 0 Å². The van der Waals surface area contributed by atoms with Gasteiger partial charge in [-0.3, -0.25) is 4.79 Å². The van der Waals surface area contributed by atoms with Gasteiger partial charge in [0.15, 0.2) is 9.84 Å². The van der Waals surface area contributed by atoms with Crippen LogP contribution in [0.1, 0.15) is 80.4 Å². The van der Waals surface area contributed by atoms with Crippen molar-refractivity contribution in [3.8, 4) is 0 Å². The number of hydrogen-bond donors (Lipinski definition) is 2. The van der Waals surface area contributed by atoms with Gasteiger partial charge in [-0.15, -0.1) is 0 Å². The van der Waals surface area contributed by atoms with Crippen LogP contribution >= 0.6 is 0 Å². The van der Waals surface area contributed by atoms with Crippen molar-refractivity contribution in [2.75, 3.05) is 6.26 Å². The number of amides is 1. The summed E-state index contributed by atoms with van der Waals surface area (Å²) in [6.45, 7) is 5.86. The SMILES string of the molecule is CC(C)(C)NC(=O)c1cnc2[nH]c(C(CC3CCCC3)c3ccc(S(C)(=O)=O)cc3)cc2c1. The fraction of sp³-hybridized carbons (Fsp3) is 0.462. The number of benzene rings is 1. The molecular formula is C26H33N3O3S. The monoisotopic (exact) mass is 467 g/mol. The van der Waals surface area contributed by atoms with Crippen LogP contribution in [0.15, 0.2) is 47.5 Å². The number of H-pyrrole nitrogens is 1. The standard InChI is InChI=1S/C26H33N3O3S/c1-26(2,3)29-25(30)20-14-19-15-23(28-24(19)27-16-20)22(13-17-7-5-6-8-17)18-9-11-21(12-10-18)33(4,31)32/h9-12,14-17,22H,5-8,13H2,1-4H3,(H,27,28)(H,29,30). The van der Waals surface area contributed by atoms with Gasteiger partial charge in [-0.1, -0.05) is 37.8 Å². The summed E-state index contributed by atoms with van der Waals surface area (Å²) in [6.07, 6.45) is 8.84. The Hall–Kier alpha value is -2.67. The second-order valence-electron chi connectivity index (χ2n) is 10.4. The van der Waals surface area contributed by atoms with Crippen LogP contribution in [0.4, 0.5) is 0 Å². The first-order valence-corrected chi connectivity index (χ1v) is 13.5. The molecule has 0 bridgehead atoms. The molecule has 2 heterocycles. The largest absolute Gasteiger partial charge is 0.347 e. The van der Waals surface area contributed by atoms with Gasteiger partial charge in [-0.25, -0.2) is 13.4 Å². The molecule has 7 heteroatoms. The normalized spacial score (nSPS) is 16.2. The summed E-state index contributed by atoms with van der Waals surface area (Å²) in [5.41, 5.74) is 3.10. The highest BCUT2D eigenvalue weighted by Crippen LogP contribution is 2.38. The van der Waals surface area contributed by atoms with Crippen LogP contribution in [0.25, 0.3) is 11.0 Å². The summed E-state index contributed by atoms with van der Waals surface area (Å²) in [7, 11) is -3.23. The number of rotatable bonds is 6. The molecule has 1 aromatic carbocycles. The van der Waals surface area contributed by atoms with E-state index in [-0.39, 0.29) is 17.4 Å². The molecule has 2 aromatic heterocycles. The summed E-state index contributed by atoms with van der Waals surface area (Å²) in [5.74, 6) is 0.623. The fourth-order valence-electron chi connectivity index (χ4n) is 4.73. The third-order valence-corrected chi connectivity index (χ3v) is 7.50. The Bertz CT molecular complexity index is 1250. The lowest BCUT2D eigenvalue weighted by Gasteiger charge is -2.20. The van der Waals surface area contributed by atoms with E-state index in [9.17, 15) is 13.2 Å². The summed E-state index contributed by atoms with van der Waals surface area (Å²) in [5, 5.41) is 3.88. The van der Waals surface area contributed by atoms with E-state index in [1.165, 1.54) is 31.9 Å². The molecule has 1 unspecified atom stereocenters. The quantitative estimate of drug-likeness (QED) is 0.521. The van der Waals surface area contributed by atoms with Crippen LogP contribution in [0.3, 0.4) is 0 Å². The maximum Gasteiger partial charge on any atom is 0.253 e. The lowest BCUT2D eigenvalue weighted by molar-refractivity contribution is 0.0919. The number of aromatic amines is 1. The van der Waals surface area contributed by atoms with E-state index >= 15 is 0 Å². The summed E-state index contributed by atoms with van der Waals surface area (Å²) in [6, 6.07) is 11.2. The molecule has 3 aromatic rings. The highest BCUT2D eigenvalue weighted by atomic mass is 32.2. The van der Waals surface area contributed by atoms with Crippen molar-refractivity contribution in [1.82, 2.24) is 15.3 Å². The predicted molar refractivity (Wildman–Crippen MR) is 131 cm³/mol. The summed E-state index contributed by atoms with van der Waals surface area (Å²) < 4.78 is 23.8. The van der Waals surface area contributed by atoms with E-state index < -0.39 is 9.84 Å². The molecule has 4 rings (SSSR count). The van der Waals surface area contributed by atoms with Crippen LogP contribution in [0.5, 0.6) is 0 Å². The lowest BCUT2D eigenvalue weighted by Crippen LogP contribution is -2.40. The average Bonchev–Trinajstić information content (AvgIpc) is 3.39. The van der Waals surface area contributed by atoms with E-state index in [1.807, 2.05) is 39.0 Å². The van der Waals surface area contributed by atoms with E-state index in [1.54, 1.807) is 18.3 Å². The zero-order chi connectivity index (χ0) is 23.8. The molecule has 1 atom stereocenters. The maximum absolute atomic E-state index is 12.6. The molecule has 0 saturated heterocycles. The van der Waals surface area contributed by atoms with E-state index in [4.69, 9.17) is 0 Å². The number of nitrogens with zero attached hydrogens (tertiary/aromatic N) is 1. The lowest BCUT2D eigenvalue weighted by atomic mass is 9.85. The molecule has 1 aliphatic carbocycles. The Labute approximate surface area is 196 Å². The van der Waals surface area contributed by atoms with Crippen molar-refractivity contribution in [3.05, 3.63) is 59.4 Å². The Morgan fingerprint density at radius 3 is 2.42 bits per heavy atom. The van der Waals surface area contributed by atoms with Crippen molar-refractivity contribution in [2.24, 2.45) is 5.92 Å². The average molecular weight is 468 g/mol. The highest BCUT2D eigenvalue weighted by molar-refractivity contribution is 7.90. The van der Waals surface area contributed by atoms with Gasteiger partial charge in [0.05, 0.1) is 10.5 Å². The number of carbonyl (C=O) groups is 1. The molecule has 1 saturated carbocycles. The minimum Gasteiger partial charge on any atom is -0.347 e. The van der Waals surface area contributed by atoms with Crippen molar-refractivity contribution < 1.29 is 13.2 Å². The van der Waals surface area contributed by atoms with Crippen LogP contribution in [-0.2, 0) is 9.84 Å². The van der Waals surface area contributed by atoms with Gasteiger partial charge in [-0.05, 0) is 62.9 Å². The molecule has 1 fully saturated rings. The van der Waals surface area contributed by atoms with Crippen LogP contribution in [0.2, 0.25) is 0 Å². The second kappa shape index (κ2) is 8.93. The van der Waals surface area contributed by atoms with Gasteiger partial charge >= 0.3 is 0 Å². The van der Waals surface area contributed by atoms with Crippen LogP contribution in [-0.4, -0.2) is 36.1 Å². The van der Waals surface area contributed by atoms with Crippen molar-refractivity contribution in [2.45, 2.75) is 69.2 Å². The number of hydrogen-bond acceptors (Lipinski definition) is 4. The summed E-state index contributed by atoms with van der Waals surface area (Å²) >= 11 is 0. The third kappa shape index (κ3) is 5.64. The van der Waals surface area contributed by atoms with Gasteiger partial charge in [0, 0.05) is 35.0 Å². The van der Waals surface area contributed by atoms with E-state index in [0.717, 1.165) is 28.7 Å².